The van der Waals surface area contributed by atoms with Crippen molar-refractivity contribution in [2.75, 3.05) is 0 Å². The van der Waals surface area contributed by atoms with Crippen LogP contribution in [0, 0.1) is 10.1 Å². The van der Waals surface area contributed by atoms with Gasteiger partial charge in [0.05, 0.1) is 4.92 Å². The summed E-state index contributed by atoms with van der Waals surface area (Å²) in [5.41, 5.74) is -1.03. The van der Waals surface area contributed by atoms with Crippen LogP contribution in [0.3, 0.4) is 0 Å². The van der Waals surface area contributed by atoms with E-state index in [4.69, 9.17) is 0 Å². The minimum absolute atomic E-state index is 0.116. The van der Waals surface area contributed by atoms with Gasteiger partial charge in [-0.15, -0.1) is 0 Å². The first kappa shape index (κ1) is 16.0. The quantitative estimate of drug-likeness (QED) is 0.586. The number of aromatic nitrogens is 1. The van der Waals surface area contributed by atoms with E-state index in [1.165, 1.54) is 18.2 Å². The van der Waals surface area contributed by atoms with Gasteiger partial charge in [-0.05, 0) is 18.9 Å². The number of rotatable bonds is 4. The number of amides is 1. The van der Waals surface area contributed by atoms with Crippen molar-refractivity contribution in [2.45, 2.75) is 37.6 Å². The molecule has 3 N–H and O–H groups in total. The number of carboxylic acid groups (broad SMARTS) is 1. The van der Waals surface area contributed by atoms with Crippen molar-refractivity contribution in [3.05, 3.63) is 40.1 Å². The highest BCUT2D eigenvalue weighted by Gasteiger charge is 2.41. The molecule has 8 heteroatoms. The number of nitro benzene ring substituents is 1. The molecule has 1 saturated carbocycles. The molecule has 1 aliphatic rings. The van der Waals surface area contributed by atoms with E-state index in [1.54, 1.807) is 6.07 Å². The van der Waals surface area contributed by atoms with Gasteiger partial charge in [-0.2, -0.15) is 0 Å². The summed E-state index contributed by atoms with van der Waals surface area (Å²) in [7, 11) is 0. The molecule has 1 amide bonds. The van der Waals surface area contributed by atoms with E-state index in [0.29, 0.717) is 18.2 Å². The molecule has 1 heterocycles. The largest absolute Gasteiger partial charge is 0.480 e. The molecule has 0 spiro atoms. The Morgan fingerprint density at radius 1 is 1.25 bits per heavy atom. The summed E-state index contributed by atoms with van der Waals surface area (Å²) in [6.07, 6.45) is 3.20. The number of nitro groups is 1. The van der Waals surface area contributed by atoms with E-state index < -0.39 is 22.3 Å². The van der Waals surface area contributed by atoms with Crippen LogP contribution in [0.25, 0.3) is 10.9 Å². The Morgan fingerprint density at radius 2 is 1.96 bits per heavy atom. The zero-order chi connectivity index (χ0) is 17.3. The predicted octanol–water partition coefficient (Wildman–Crippen LogP) is 2.59. The number of carbonyl (C=O) groups is 2. The molecule has 1 aromatic heterocycles. The molecule has 1 aliphatic carbocycles. The molecular formula is C16H17N3O5. The van der Waals surface area contributed by atoms with E-state index in [0.717, 1.165) is 19.3 Å². The normalized spacial score (nSPS) is 16.7. The van der Waals surface area contributed by atoms with Crippen LogP contribution in [-0.4, -0.2) is 32.4 Å². The van der Waals surface area contributed by atoms with Crippen molar-refractivity contribution < 1.29 is 19.6 Å². The molecule has 0 radical (unpaired) electrons. The number of nitrogens with zero attached hydrogens (tertiary/aromatic N) is 1. The Hall–Kier alpha value is -2.90. The summed E-state index contributed by atoms with van der Waals surface area (Å²) < 4.78 is 0. The average Bonchev–Trinajstić information content (AvgIpc) is 2.99. The van der Waals surface area contributed by atoms with Gasteiger partial charge in [0.25, 0.3) is 11.6 Å². The third kappa shape index (κ3) is 2.70. The number of H-pyrrole nitrogens is 1. The highest BCUT2D eigenvalue weighted by atomic mass is 16.6. The van der Waals surface area contributed by atoms with E-state index >= 15 is 0 Å². The van der Waals surface area contributed by atoms with Crippen LogP contribution in [0.2, 0.25) is 0 Å². The van der Waals surface area contributed by atoms with Crippen LogP contribution >= 0.6 is 0 Å². The van der Waals surface area contributed by atoms with Gasteiger partial charge in [0.1, 0.15) is 16.7 Å². The maximum Gasteiger partial charge on any atom is 0.329 e. The highest BCUT2D eigenvalue weighted by molar-refractivity contribution is 6.02. The molecule has 24 heavy (non-hydrogen) atoms. The zero-order valence-corrected chi connectivity index (χ0v) is 12.9. The summed E-state index contributed by atoms with van der Waals surface area (Å²) >= 11 is 0. The van der Waals surface area contributed by atoms with E-state index in [-0.39, 0.29) is 16.9 Å². The first-order valence-corrected chi connectivity index (χ1v) is 7.75. The smallest absolute Gasteiger partial charge is 0.329 e. The van der Waals surface area contributed by atoms with Crippen molar-refractivity contribution in [1.82, 2.24) is 10.3 Å². The minimum Gasteiger partial charge on any atom is -0.480 e. The molecule has 126 valence electrons. The number of fused-ring (bicyclic) bond motifs is 1. The Kier molecular flexibility index (Phi) is 3.96. The molecule has 0 aliphatic heterocycles. The second-order valence-corrected chi connectivity index (χ2v) is 6.08. The lowest BCUT2D eigenvalue weighted by Gasteiger charge is -2.33. The van der Waals surface area contributed by atoms with Gasteiger partial charge in [-0.25, -0.2) is 4.79 Å². The van der Waals surface area contributed by atoms with Crippen molar-refractivity contribution in [3.63, 3.8) is 0 Å². The van der Waals surface area contributed by atoms with Gasteiger partial charge in [0.15, 0.2) is 0 Å². The van der Waals surface area contributed by atoms with Crippen molar-refractivity contribution in [3.8, 4) is 0 Å². The Labute approximate surface area is 137 Å². The number of nitrogens with one attached hydrogen (secondary N) is 2. The maximum absolute atomic E-state index is 12.5. The predicted molar refractivity (Wildman–Crippen MR) is 85.9 cm³/mol. The van der Waals surface area contributed by atoms with Crippen LogP contribution in [0.5, 0.6) is 0 Å². The summed E-state index contributed by atoms with van der Waals surface area (Å²) in [4.78, 5) is 37.4. The van der Waals surface area contributed by atoms with Gasteiger partial charge >= 0.3 is 5.97 Å². The van der Waals surface area contributed by atoms with E-state index in [9.17, 15) is 24.8 Å². The van der Waals surface area contributed by atoms with Crippen LogP contribution in [0.4, 0.5) is 5.69 Å². The van der Waals surface area contributed by atoms with E-state index in [1.807, 2.05) is 0 Å². The highest BCUT2D eigenvalue weighted by Crippen LogP contribution is 2.30. The number of hydrogen-bond acceptors (Lipinski definition) is 4. The van der Waals surface area contributed by atoms with Crippen molar-refractivity contribution >= 4 is 28.5 Å². The zero-order valence-electron chi connectivity index (χ0n) is 12.9. The average molecular weight is 331 g/mol. The van der Waals surface area contributed by atoms with Crippen LogP contribution < -0.4 is 5.32 Å². The van der Waals surface area contributed by atoms with Gasteiger partial charge in [0.2, 0.25) is 0 Å². The third-order valence-corrected chi connectivity index (χ3v) is 4.54. The Morgan fingerprint density at radius 3 is 2.58 bits per heavy atom. The molecule has 0 unspecified atom stereocenters. The van der Waals surface area contributed by atoms with Crippen LogP contribution in [0.1, 0.15) is 42.6 Å². The van der Waals surface area contributed by atoms with Crippen molar-refractivity contribution in [2.24, 2.45) is 0 Å². The van der Waals surface area contributed by atoms with Crippen LogP contribution in [-0.2, 0) is 4.79 Å². The first-order valence-electron chi connectivity index (χ1n) is 7.75. The number of carboxylic acids is 1. The van der Waals surface area contributed by atoms with Gasteiger partial charge < -0.3 is 15.4 Å². The summed E-state index contributed by atoms with van der Waals surface area (Å²) in [5.74, 6) is -1.61. The Bertz CT molecular complexity index is 820. The molecule has 1 aromatic carbocycles. The standard InChI is InChI=1S/C16H17N3O5/c20-14(18-16(15(21)22)7-2-1-3-8-16)11-9-10-5-4-6-12(19(23)24)13(10)17-11/h4-6,9,17H,1-3,7-8H2,(H,18,20)(H,21,22). The van der Waals surface area contributed by atoms with Gasteiger partial charge in [-0.1, -0.05) is 31.4 Å². The SMILES string of the molecule is O=C(NC1(C(=O)O)CCCCC1)c1cc2cccc([N+](=O)[O-])c2[nH]1. The van der Waals surface area contributed by atoms with E-state index in [2.05, 4.69) is 10.3 Å². The fourth-order valence-corrected chi connectivity index (χ4v) is 3.25. The van der Waals surface area contributed by atoms with Crippen LogP contribution in [0.15, 0.2) is 24.3 Å². The molecule has 0 bridgehead atoms. The van der Waals surface area contributed by atoms with Gasteiger partial charge in [-0.3, -0.25) is 14.9 Å². The lowest BCUT2D eigenvalue weighted by atomic mass is 9.81. The Balaban J connectivity index is 1.92. The number of hydrogen-bond donors (Lipinski definition) is 3. The number of aromatic amines is 1. The molecule has 1 fully saturated rings. The molecule has 2 aromatic rings. The fourth-order valence-electron chi connectivity index (χ4n) is 3.25. The summed E-state index contributed by atoms with van der Waals surface area (Å²) in [6, 6.07) is 6.04. The van der Waals surface area contributed by atoms with Gasteiger partial charge in [0, 0.05) is 11.5 Å². The lowest BCUT2D eigenvalue weighted by molar-refractivity contribution is -0.383. The second-order valence-electron chi connectivity index (χ2n) is 6.08. The molecule has 3 rings (SSSR count). The number of para-hydroxylation sites is 1. The minimum atomic E-state index is -1.27. The molecule has 0 atom stereocenters. The third-order valence-electron chi connectivity index (χ3n) is 4.54. The number of non-ortho nitro benzene ring substituents is 1. The molecular weight excluding hydrogens is 314 g/mol. The lowest BCUT2D eigenvalue weighted by Crippen LogP contribution is -2.55. The molecule has 0 saturated heterocycles. The topological polar surface area (TPSA) is 125 Å². The number of aliphatic carboxylic acids is 1. The maximum atomic E-state index is 12.5. The monoisotopic (exact) mass is 331 g/mol. The first-order chi connectivity index (χ1) is 11.4. The van der Waals surface area contributed by atoms with Crippen molar-refractivity contribution in [1.29, 1.82) is 0 Å². The number of carbonyl (C=O) groups excluding carboxylic acids is 1. The summed E-state index contributed by atoms with van der Waals surface area (Å²) in [6.45, 7) is 0. The molecule has 8 nitrogen and oxygen atoms in total. The second kappa shape index (κ2) is 5.95. The number of benzene rings is 1. The fraction of sp³-hybridized carbons (Fsp3) is 0.375. The summed E-state index contributed by atoms with van der Waals surface area (Å²) in [5, 5.41) is 23.7.